The van der Waals surface area contributed by atoms with Crippen LogP contribution < -0.4 is 10.6 Å². The summed E-state index contributed by atoms with van der Waals surface area (Å²) < 4.78 is 0. The molecule has 3 heteroatoms. The lowest BCUT2D eigenvalue weighted by molar-refractivity contribution is 0.250. The van der Waals surface area contributed by atoms with Gasteiger partial charge in [0.1, 0.15) is 0 Å². The Hall–Kier alpha value is -0.120. The molecule has 1 saturated heterocycles. The molecule has 0 radical (unpaired) electrons. The van der Waals surface area contributed by atoms with Crippen LogP contribution in [0.4, 0.5) is 0 Å². The van der Waals surface area contributed by atoms with E-state index in [-0.39, 0.29) is 0 Å². The van der Waals surface area contributed by atoms with E-state index in [0.717, 1.165) is 25.7 Å². The molecular weight excluding hydrogens is 138 g/mol. The highest BCUT2D eigenvalue weighted by atomic mass is 15.2. The first-order valence-corrected chi connectivity index (χ1v) is 4.40. The van der Waals surface area contributed by atoms with Gasteiger partial charge in [-0.25, -0.2) is 0 Å². The smallest absolute Gasteiger partial charge is 0.0230 e. The maximum atomic E-state index is 3.40. The van der Waals surface area contributed by atoms with Crippen LogP contribution in [0.25, 0.3) is 0 Å². The summed E-state index contributed by atoms with van der Waals surface area (Å²) in [4.78, 5) is 2.43. The molecule has 1 aliphatic heterocycles. The number of rotatable bonds is 2. The zero-order valence-electron chi connectivity index (χ0n) is 7.56. The number of hydrogen-bond donors (Lipinski definition) is 2. The summed E-state index contributed by atoms with van der Waals surface area (Å²) in [5, 5.41) is 6.62. The average molecular weight is 157 g/mol. The van der Waals surface area contributed by atoms with Crippen LogP contribution in [0, 0.1) is 0 Å². The molecule has 0 bridgehead atoms. The summed E-state index contributed by atoms with van der Waals surface area (Å²) in [7, 11) is 4.22. The van der Waals surface area contributed by atoms with Gasteiger partial charge in [-0.05, 0) is 27.1 Å². The summed E-state index contributed by atoms with van der Waals surface area (Å²) in [6.45, 7) is 4.58. The van der Waals surface area contributed by atoms with Gasteiger partial charge in [-0.2, -0.15) is 0 Å². The van der Waals surface area contributed by atoms with Gasteiger partial charge in [0, 0.05) is 25.7 Å². The Kier molecular flexibility index (Phi) is 3.83. The maximum Gasteiger partial charge on any atom is 0.0230 e. The normalized spacial score (nSPS) is 28.4. The summed E-state index contributed by atoms with van der Waals surface area (Å²) >= 11 is 0. The van der Waals surface area contributed by atoms with Crippen LogP contribution in [-0.2, 0) is 0 Å². The van der Waals surface area contributed by atoms with Crippen molar-refractivity contribution < 1.29 is 0 Å². The van der Waals surface area contributed by atoms with Crippen LogP contribution in [0.1, 0.15) is 6.42 Å². The summed E-state index contributed by atoms with van der Waals surface area (Å²) in [6, 6.07) is 0.718. The molecule has 11 heavy (non-hydrogen) atoms. The molecule has 1 unspecified atom stereocenters. The number of nitrogens with one attached hydrogen (secondary N) is 2. The van der Waals surface area contributed by atoms with Crippen molar-refractivity contribution in [3.8, 4) is 0 Å². The van der Waals surface area contributed by atoms with Crippen molar-refractivity contribution in [2.24, 2.45) is 0 Å². The Morgan fingerprint density at radius 3 is 3.09 bits per heavy atom. The minimum absolute atomic E-state index is 0.718. The lowest BCUT2D eigenvalue weighted by Gasteiger charge is -2.24. The Labute approximate surface area is 69.1 Å². The molecule has 0 saturated carbocycles. The van der Waals surface area contributed by atoms with E-state index < -0.39 is 0 Å². The van der Waals surface area contributed by atoms with Gasteiger partial charge in [0.25, 0.3) is 0 Å². The second-order valence-corrected chi connectivity index (χ2v) is 3.23. The van der Waals surface area contributed by atoms with Crippen molar-refractivity contribution in [2.45, 2.75) is 12.5 Å². The van der Waals surface area contributed by atoms with Crippen LogP contribution in [-0.4, -0.2) is 51.2 Å². The summed E-state index contributed by atoms with van der Waals surface area (Å²) in [6.07, 6.45) is 1.26. The molecule has 1 rings (SSSR count). The van der Waals surface area contributed by atoms with E-state index in [1.54, 1.807) is 0 Å². The van der Waals surface area contributed by atoms with Gasteiger partial charge < -0.3 is 15.5 Å². The van der Waals surface area contributed by atoms with Crippen molar-refractivity contribution >= 4 is 0 Å². The molecule has 3 nitrogen and oxygen atoms in total. The fourth-order valence-electron chi connectivity index (χ4n) is 1.55. The van der Waals surface area contributed by atoms with Gasteiger partial charge in [0.15, 0.2) is 0 Å². The number of likely N-dealkylation sites (N-methyl/N-ethyl adjacent to an activating group) is 2. The lowest BCUT2D eigenvalue weighted by Crippen LogP contribution is -2.39. The van der Waals surface area contributed by atoms with Crippen LogP contribution in [0.5, 0.6) is 0 Å². The van der Waals surface area contributed by atoms with E-state index in [9.17, 15) is 0 Å². The molecule has 1 aliphatic rings. The Morgan fingerprint density at radius 1 is 1.55 bits per heavy atom. The largest absolute Gasteiger partial charge is 0.318 e. The summed E-state index contributed by atoms with van der Waals surface area (Å²) in [5.74, 6) is 0. The van der Waals surface area contributed by atoms with Crippen LogP contribution in [0.2, 0.25) is 0 Å². The predicted octanol–water partition coefficient (Wildman–Crippen LogP) is -0.500. The van der Waals surface area contributed by atoms with Crippen LogP contribution >= 0.6 is 0 Å². The maximum absolute atomic E-state index is 3.40. The van der Waals surface area contributed by atoms with Gasteiger partial charge in [-0.1, -0.05) is 0 Å². The third-order valence-electron chi connectivity index (χ3n) is 2.36. The fourth-order valence-corrected chi connectivity index (χ4v) is 1.55. The van der Waals surface area contributed by atoms with E-state index in [1.165, 1.54) is 13.0 Å². The minimum atomic E-state index is 0.718. The third-order valence-corrected chi connectivity index (χ3v) is 2.36. The molecule has 0 aromatic carbocycles. The first-order valence-electron chi connectivity index (χ1n) is 4.40. The third kappa shape index (κ3) is 2.77. The topological polar surface area (TPSA) is 27.3 Å². The highest BCUT2D eigenvalue weighted by molar-refractivity contribution is 4.75. The van der Waals surface area contributed by atoms with Crippen molar-refractivity contribution in [2.75, 3.05) is 40.3 Å². The SMILES string of the molecule is CNCC1CCNCCN1C. The quantitative estimate of drug-likeness (QED) is 0.566. The molecule has 1 fully saturated rings. The molecule has 66 valence electrons. The van der Waals surface area contributed by atoms with Gasteiger partial charge in [-0.3, -0.25) is 0 Å². The van der Waals surface area contributed by atoms with E-state index in [4.69, 9.17) is 0 Å². The molecule has 0 aromatic rings. The second kappa shape index (κ2) is 4.70. The molecule has 1 heterocycles. The van der Waals surface area contributed by atoms with Crippen LogP contribution in [0.15, 0.2) is 0 Å². The van der Waals surface area contributed by atoms with Crippen molar-refractivity contribution in [1.82, 2.24) is 15.5 Å². The van der Waals surface area contributed by atoms with Gasteiger partial charge >= 0.3 is 0 Å². The second-order valence-electron chi connectivity index (χ2n) is 3.23. The van der Waals surface area contributed by atoms with Crippen molar-refractivity contribution in [3.63, 3.8) is 0 Å². The molecular formula is C8H19N3. The predicted molar refractivity (Wildman–Crippen MR) is 47.8 cm³/mol. The Morgan fingerprint density at radius 2 is 2.36 bits per heavy atom. The van der Waals surface area contributed by atoms with Gasteiger partial charge in [0.05, 0.1) is 0 Å². The zero-order chi connectivity index (χ0) is 8.10. The van der Waals surface area contributed by atoms with E-state index in [0.29, 0.717) is 0 Å². The first kappa shape index (κ1) is 8.97. The standard InChI is InChI=1S/C8H19N3/c1-9-7-8-3-4-10-5-6-11(8)2/h8-10H,3-7H2,1-2H3. The Bertz CT molecular complexity index is 106. The highest BCUT2D eigenvalue weighted by Gasteiger charge is 2.15. The number of hydrogen-bond acceptors (Lipinski definition) is 3. The minimum Gasteiger partial charge on any atom is -0.318 e. The molecule has 2 N–H and O–H groups in total. The average Bonchev–Trinajstić information content (AvgIpc) is 2.18. The van der Waals surface area contributed by atoms with Crippen LogP contribution in [0.3, 0.4) is 0 Å². The lowest BCUT2D eigenvalue weighted by atomic mass is 10.2. The van der Waals surface area contributed by atoms with E-state index >= 15 is 0 Å². The van der Waals surface area contributed by atoms with Crippen molar-refractivity contribution in [1.29, 1.82) is 0 Å². The zero-order valence-corrected chi connectivity index (χ0v) is 7.56. The molecule has 1 atom stereocenters. The number of nitrogens with zero attached hydrogens (tertiary/aromatic N) is 1. The van der Waals surface area contributed by atoms with E-state index in [2.05, 4.69) is 22.6 Å². The molecule has 0 aromatic heterocycles. The van der Waals surface area contributed by atoms with Gasteiger partial charge in [-0.15, -0.1) is 0 Å². The van der Waals surface area contributed by atoms with E-state index in [1.807, 2.05) is 7.05 Å². The highest BCUT2D eigenvalue weighted by Crippen LogP contribution is 2.01. The van der Waals surface area contributed by atoms with Gasteiger partial charge in [0.2, 0.25) is 0 Å². The molecule has 0 spiro atoms. The Balaban J connectivity index is 2.32. The molecule has 0 amide bonds. The first-order chi connectivity index (χ1) is 5.34. The summed E-state index contributed by atoms with van der Waals surface area (Å²) in [5.41, 5.74) is 0. The fraction of sp³-hybridized carbons (Fsp3) is 1.00. The van der Waals surface area contributed by atoms with Crippen molar-refractivity contribution in [3.05, 3.63) is 0 Å². The molecule has 0 aliphatic carbocycles. The monoisotopic (exact) mass is 157 g/mol.